The van der Waals surface area contributed by atoms with Gasteiger partial charge in [-0.25, -0.2) is 0 Å². The maximum Gasteiger partial charge on any atom is 0.504 e. The first-order valence-electron chi connectivity index (χ1n) is 7.37. The lowest BCUT2D eigenvalue weighted by molar-refractivity contribution is -0.820. The van der Waals surface area contributed by atoms with Crippen LogP contribution in [0.2, 0.25) is 10.0 Å². The van der Waals surface area contributed by atoms with E-state index >= 15 is 0 Å². The highest BCUT2D eigenvalue weighted by Gasteiger charge is 2.59. The molecule has 0 aromatic heterocycles. The van der Waals surface area contributed by atoms with E-state index in [2.05, 4.69) is 6.92 Å². The molecule has 0 radical (unpaired) electrons. The molecule has 2 aliphatic rings. The second kappa shape index (κ2) is 5.50. The summed E-state index contributed by atoms with van der Waals surface area (Å²) < 4.78 is 13.2. The lowest BCUT2D eigenvalue weighted by Crippen LogP contribution is -2.69. The minimum Gasteiger partial charge on any atom is -0.505 e. The molecule has 0 N–H and O–H groups in total. The van der Waals surface area contributed by atoms with Crippen molar-refractivity contribution in [3.8, 4) is 0 Å². The molecule has 0 saturated carbocycles. The zero-order valence-corrected chi connectivity index (χ0v) is 13.3. The molecule has 0 unspecified atom stereocenters. The Morgan fingerprint density at radius 1 is 1.20 bits per heavy atom. The molecule has 3 nitrogen and oxygen atoms in total. The molecule has 2 saturated heterocycles. The second-order valence-electron chi connectivity index (χ2n) is 5.80. The Morgan fingerprint density at radius 2 is 1.90 bits per heavy atom. The van der Waals surface area contributed by atoms with Crippen LogP contribution in [0, 0.1) is 0 Å². The Bertz CT molecular complexity index is 502. The first kappa shape index (κ1) is 14.7. The van der Waals surface area contributed by atoms with Crippen LogP contribution in [0.3, 0.4) is 0 Å². The quantitative estimate of drug-likeness (QED) is 0.795. The van der Waals surface area contributed by atoms with Crippen LogP contribution in [-0.2, 0) is 9.31 Å². The van der Waals surface area contributed by atoms with Crippen LogP contribution in [-0.4, -0.2) is 43.9 Å². The number of hydrogen-bond donors (Lipinski definition) is 0. The van der Waals surface area contributed by atoms with Crippen LogP contribution >= 0.6 is 23.2 Å². The van der Waals surface area contributed by atoms with Crippen molar-refractivity contribution in [3.63, 3.8) is 0 Å². The molecule has 1 aromatic rings. The van der Waals surface area contributed by atoms with E-state index in [-0.39, 0.29) is 0 Å². The van der Waals surface area contributed by atoms with Gasteiger partial charge in [-0.15, -0.1) is 0 Å². The van der Waals surface area contributed by atoms with Gasteiger partial charge in [-0.3, -0.25) is 0 Å². The van der Waals surface area contributed by atoms with Crippen LogP contribution < -0.4 is 5.46 Å². The third-order valence-electron chi connectivity index (χ3n) is 4.81. The van der Waals surface area contributed by atoms with E-state index in [9.17, 15) is 0 Å². The van der Waals surface area contributed by atoms with Gasteiger partial charge in [-0.05, 0) is 12.5 Å². The minimum absolute atomic E-state index is 0.569. The van der Waals surface area contributed by atoms with E-state index in [4.69, 9.17) is 32.5 Å². The Morgan fingerprint density at radius 3 is 2.55 bits per heavy atom. The summed E-state index contributed by atoms with van der Waals surface area (Å²) in [6, 6.07) is 5.74. The lowest BCUT2D eigenvalue weighted by Gasteiger charge is -2.47. The number of fused-ring (bicyclic) bond motifs is 1. The molecule has 0 bridgehead atoms. The summed E-state index contributed by atoms with van der Waals surface area (Å²) in [5, 5.41) is 1.15. The van der Waals surface area contributed by atoms with Crippen molar-refractivity contribution in [1.82, 2.24) is 0 Å². The highest BCUT2D eigenvalue weighted by Crippen LogP contribution is 2.37. The number of hydrogen-bond acceptors (Lipinski definition) is 2. The Balaban J connectivity index is 2.06. The van der Waals surface area contributed by atoms with Crippen LogP contribution in [0.4, 0.5) is 0 Å². The van der Waals surface area contributed by atoms with Gasteiger partial charge in [0.2, 0.25) is 0 Å². The number of halogens is 2. The highest BCUT2D eigenvalue weighted by molar-refractivity contribution is 6.78. The van der Waals surface area contributed by atoms with Gasteiger partial charge in [-0.1, -0.05) is 54.1 Å². The monoisotopic (exact) mass is 315 g/mol. The molecule has 0 aliphatic carbocycles. The Kier molecular flexibility index (Phi) is 4.04. The number of quaternary nitrogens is 1. The summed E-state index contributed by atoms with van der Waals surface area (Å²) in [4.78, 5) is 0. The van der Waals surface area contributed by atoms with Crippen molar-refractivity contribution in [3.05, 3.63) is 28.2 Å². The van der Waals surface area contributed by atoms with Crippen LogP contribution in [0.1, 0.15) is 19.8 Å². The summed E-state index contributed by atoms with van der Waals surface area (Å²) in [7, 11) is 0. The van der Waals surface area contributed by atoms with Crippen molar-refractivity contribution >= 4 is 35.4 Å². The number of rotatable bonds is 4. The normalized spacial score (nSPS) is 32.5. The third kappa shape index (κ3) is 2.01. The molecular weight excluding hydrogens is 296 g/mol. The van der Waals surface area contributed by atoms with Gasteiger partial charge in [0.15, 0.2) is 0 Å². The maximum absolute atomic E-state index is 6.44. The van der Waals surface area contributed by atoms with E-state index in [1.807, 2.05) is 18.2 Å². The minimum atomic E-state index is -1.55. The van der Waals surface area contributed by atoms with E-state index < -0.39 is 6.69 Å². The number of benzene rings is 1. The summed E-state index contributed by atoms with van der Waals surface area (Å²) >= 11 is 12.6. The first-order chi connectivity index (χ1) is 9.65. The summed E-state index contributed by atoms with van der Waals surface area (Å²) in [5.41, 5.74) is 0.935. The van der Waals surface area contributed by atoms with Gasteiger partial charge in [0.05, 0.1) is 31.3 Å². The number of unbranched alkanes of at least 4 members (excludes halogenated alkanes) is 1. The zero-order chi connectivity index (χ0) is 14.2. The zero-order valence-electron chi connectivity index (χ0n) is 11.8. The van der Waals surface area contributed by atoms with Gasteiger partial charge in [0.1, 0.15) is 0 Å². The molecule has 0 atom stereocenters. The lowest BCUT2D eigenvalue weighted by atomic mass is 9.60. The predicted molar refractivity (Wildman–Crippen MR) is 83.5 cm³/mol. The van der Waals surface area contributed by atoms with Gasteiger partial charge in [0, 0.05) is 11.6 Å². The van der Waals surface area contributed by atoms with Crippen molar-refractivity contribution in [2.45, 2.75) is 19.8 Å². The summed E-state index contributed by atoms with van der Waals surface area (Å²) in [5.74, 6) is 0. The van der Waals surface area contributed by atoms with Crippen LogP contribution in [0.15, 0.2) is 18.2 Å². The molecule has 2 fully saturated rings. The maximum atomic E-state index is 6.44. The summed E-state index contributed by atoms with van der Waals surface area (Å²) in [6.45, 7) is 5.21. The average Bonchev–Trinajstić information content (AvgIpc) is 2.95. The van der Waals surface area contributed by atoms with Crippen LogP contribution in [0.25, 0.3) is 0 Å². The Hall–Kier alpha value is -0.255. The smallest absolute Gasteiger partial charge is 0.504 e. The van der Waals surface area contributed by atoms with Gasteiger partial charge in [-0.2, -0.15) is 0 Å². The highest BCUT2D eigenvalue weighted by atomic mass is 35.5. The largest absolute Gasteiger partial charge is 0.505 e. The van der Waals surface area contributed by atoms with E-state index in [0.717, 1.165) is 42.7 Å². The SMILES string of the molecule is CCCC[N+]12CCO[B-]1(c1cccc(Cl)c1Cl)OCC2. The standard InChI is InChI=1S/C14H20BCl2NO2/c1-2-3-7-18-8-10-19-15(18,20-11-9-18)12-5-4-6-13(16)14(12)17/h4-6H,2-3,7-11H2,1H3. The van der Waals surface area contributed by atoms with Gasteiger partial charge in [0.25, 0.3) is 0 Å². The van der Waals surface area contributed by atoms with Gasteiger partial charge >= 0.3 is 6.69 Å². The molecule has 20 heavy (non-hydrogen) atoms. The second-order valence-corrected chi connectivity index (χ2v) is 6.58. The fourth-order valence-electron chi connectivity index (χ4n) is 3.75. The molecular formula is C14H20BCl2NO2. The van der Waals surface area contributed by atoms with Crippen molar-refractivity contribution in [2.75, 3.05) is 32.8 Å². The molecule has 6 heteroatoms. The van der Waals surface area contributed by atoms with E-state index in [0.29, 0.717) is 10.0 Å². The van der Waals surface area contributed by atoms with E-state index in [1.165, 1.54) is 12.8 Å². The van der Waals surface area contributed by atoms with Gasteiger partial charge < -0.3 is 13.7 Å². The third-order valence-corrected chi connectivity index (χ3v) is 5.65. The predicted octanol–water partition coefficient (Wildman–Crippen LogP) is 2.82. The number of nitrogens with zero attached hydrogens (tertiary/aromatic N) is 1. The van der Waals surface area contributed by atoms with Crippen molar-refractivity contribution < 1.29 is 13.7 Å². The molecule has 3 rings (SSSR count). The fourth-order valence-corrected chi connectivity index (χ4v) is 4.19. The first-order valence-corrected chi connectivity index (χ1v) is 8.13. The van der Waals surface area contributed by atoms with Crippen LogP contribution in [0.5, 0.6) is 0 Å². The Labute approximate surface area is 130 Å². The summed E-state index contributed by atoms with van der Waals surface area (Å²) in [6.07, 6.45) is 2.35. The molecule has 1 aromatic carbocycles. The average molecular weight is 316 g/mol. The topological polar surface area (TPSA) is 18.5 Å². The molecule has 110 valence electrons. The molecule has 0 amide bonds. The fraction of sp³-hybridized carbons (Fsp3) is 0.571. The van der Waals surface area contributed by atoms with E-state index in [1.54, 1.807) is 0 Å². The molecule has 2 heterocycles. The van der Waals surface area contributed by atoms with Crippen molar-refractivity contribution in [2.24, 2.45) is 0 Å². The van der Waals surface area contributed by atoms with Crippen molar-refractivity contribution in [1.29, 1.82) is 0 Å². The molecule has 2 aliphatic heterocycles. The molecule has 0 spiro atoms.